The third kappa shape index (κ3) is 3.11. The molecule has 0 aliphatic carbocycles. The van der Waals surface area contributed by atoms with Crippen LogP contribution < -0.4 is 0 Å². The number of aromatic hydroxyl groups is 1. The fourth-order valence-corrected chi connectivity index (χ4v) is 2.18. The first-order valence-corrected chi connectivity index (χ1v) is 6.65. The first kappa shape index (κ1) is 15.3. The van der Waals surface area contributed by atoms with Crippen LogP contribution in [0.2, 0.25) is 5.02 Å². The van der Waals surface area contributed by atoms with Crippen LogP contribution in [-0.4, -0.2) is 24.9 Å². The summed E-state index contributed by atoms with van der Waals surface area (Å²) in [6.07, 6.45) is -1.75. The average molecular weight is 341 g/mol. The Hall–Kier alpha value is -2.61. The third-order valence-electron chi connectivity index (χ3n) is 3.04. The SMILES string of the molecule is Oc1cc(-c2cc(Cl)ccc2-n2cc(C(F)(F)F)cn2)ncn1. The molecule has 1 N–H and O–H groups in total. The Morgan fingerprint density at radius 3 is 2.57 bits per heavy atom. The smallest absolute Gasteiger partial charge is 0.419 e. The summed E-state index contributed by atoms with van der Waals surface area (Å²) in [5.74, 6) is -0.266. The molecule has 9 heteroatoms. The Kier molecular flexibility index (Phi) is 3.69. The van der Waals surface area contributed by atoms with Gasteiger partial charge in [0.25, 0.3) is 0 Å². The van der Waals surface area contributed by atoms with Crippen LogP contribution in [0.5, 0.6) is 5.88 Å². The van der Waals surface area contributed by atoms with Crippen molar-refractivity contribution in [3.8, 4) is 22.8 Å². The number of hydrogen-bond donors (Lipinski definition) is 1. The molecule has 118 valence electrons. The lowest BCUT2D eigenvalue weighted by Gasteiger charge is -2.10. The fourth-order valence-electron chi connectivity index (χ4n) is 2.01. The molecule has 1 aromatic carbocycles. The molecule has 0 fully saturated rings. The maximum absolute atomic E-state index is 12.7. The van der Waals surface area contributed by atoms with Crippen molar-refractivity contribution in [3.05, 3.63) is 53.6 Å². The summed E-state index contributed by atoms with van der Waals surface area (Å²) in [5, 5.41) is 13.6. The monoisotopic (exact) mass is 340 g/mol. The lowest BCUT2D eigenvalue weighted by atomic mass is 10.1. The molecule has 0 unspecified atom stereocenters. The highest BCUT2D eigenvalue weighted by Gasteiger charge is 2.32. The minimum atomic E-state index is -4.49. The molecule has 0 saturated carbocycles. The number of nitrogens with zero attached hydrogens (tertiary/aromatic N) is 4. The van der Waals surface area contributed by atoms with Gasteiger partial charge >= 0.3 is 6.18 Å². The predicted octanol–water partition coefficient (Wildman–Crippen LogP) is 3.71. The van der Waals surface area contributed by atoms with Gasteiger partial charge in [-0.2, -0.15) is 18.3 Å². The quantitative estimate of drug-likeness (QED) is 0.772. The van der Waals surface area contributed by atoms with Crippen LogP contribution >= 0.6 is 11.6 Å². The van der Waals surface area contributed by atoms with Crippen LogP contribution in [-0.2, 0) is 6.18 Å². The summed E-state index contributed by atoms with van der Waals surface area (Å²) in [7, 11) is 0. The van der Waals surface area contributed by atoms with Gasteiger partial charge in [-0.25, -0.2) is 14.6 Å². The number of hydrogen-bond acceptors (Lipinski definition) is 4. The lowest BCUT2D eigenvalue weighted by molar-refractivity contribution is -0.137. The first-order valence-electron chi connectivity index (χ1n) is 6.28. The van der Waals surface area contributed by atoms with Crippen molar-refractivity contribution in [1.82, 2.24) is 19.7 Å². The molecule has 0 spiro atoms. The Balaban J connectivity index is 2.15. The minimum Gasteiger partial charge on any atom is -0.493 e. The van der Waals surface area contributed by atoms with Gasteiger partial charge in [-0.3, -0.25) is 0 Å². The topological polar surface area (TPSA) is 63.8 Å². The molecule has 0 radical (unpaired) electrons. The molecule has 23 heavy (non-hydrogen) atoms. The molecule has 2 aromatic heterocycles. The highest BCUT2D eigenvalue weighted by Crippen LogP contribution is 2.32. The molecule has 3 aromatic rings. The summed E-state index contributed by atoms with van der Waals surface area (Å²) < 4.78 is 39.3. The van der Waals surface area contributed by atoms with E-state index in [0.717, 1.165) is 23.4 Å². The predicted molar refractivity (Wildman–Crippen MR) is 76.3 cm³/mol. The number of halogens is 4. The van der Waals surface area contributed by atoms with Crippen molar-refractivity contribution in [2.24, 2.45) is 0 Å². The summed E-state index contributed by atoms with van der Waals surface area (Å²) in [6, 6.07) is 5.84. The van der Waals surface area contributed by atoms with Crippen molar-refractivity contribution in [1.29, 1.82) is 0 Å². The van der Waals surface area contributed by atoms with Gasteiger partial charge in [-0.15, -0.1) is 0 Å². The van der Waals surface area contributed by atoms with Gasteiger partial charge in [0.2, 0.25) is 5.88 Å². The van der Waals surface area contributed by atoms with Gasteiger partial charge in [-0.1, -0.05) is 11.6 Å². The summed E-state index contributed by atoms with van der Waals surface area (Å²) in [5.41, 5.74) is 0.179. The molecule has 0 aliphatic heterocycles. The second-order valence-electron chi connectivity index (χ2n) is 4.59. The van der Waals surface area contributed by atoms with E-state index in [1.54, 1.807) is 0 Å². The molecule has 0 amide bonds. The van der Waals surface area contributed by atoms with Gasteiger partial charge in [0.05, 0.1) is 23.1 Å². The number of benzene rings is 1. The van der Waals surface area contributed by atoms with E-state index in [4.69, 9.17) is 11.6 Å². The second-order valence-corrected chi connectivity index (χ2v) is 5.03. The molecule has 5 nitrogen and oxygen atoms in total. The maximum Gasteiger partial charge on any atom is 0.419 e. The van der Waals surface area contributed by atoms with Gasteiger partial charge in [-0.05, 0) is 18.2 Å². The van der Waals surface area contributed by atoms with Crippen molar-refractivity contribution in [3.63, 3.8) is 0 Å². The molecular formula is C14H8ClF3N4O. The van der Waals surface area contributed by atoms with Crippen LogP contribution in [0, 0.1) is 0 Å². The van der Waals surface area contributed by atoms with E-state index in [9.17, 15) is 18.3 Å². The summed E-state index contributed by atoms with van der Waals surface area (Å²) >= 11 is 5.96. The van der Waals surface area contributed by atoms with E-state index in [-0.39, 0.29) is 5.88 Å². The van der Waals surface area contributed by atoms with E-state index in [1.807, 2.05) is 0 Å². The van der Waals surface area contributed by atoms with E-state index in [1.165, 1.54) is 24.3 Å². The van der Waals surface area contributed by atoms with Crippen LogP contribution in [0.4, 0.5) is 13.2 Å². The van der Waals surface area contributed by atoms with E-state index in [0.29, 0.717) is 22.0 Å². The average Bonchev–Trinajstić information content (AvgIpc) is 2.97. The zero-order valence-electron chi connectivity index (χ0n) is 11.3. The largest absolute Gasteiger partial charge is 0.493 e. The van der Waals surface area contributed by atoms with E-state index < -0.39 is 11.7 Å². The van der Waals surface area contributed by atoms with Gasteiger partial charge in [0, 0.05) is 22.8 Å². The van der Waals surface area contributed by atoms with E-state index >= 15 is 0 Å². The van der Waals surface area contributed by atoms with Crippen LogP contribution in [0.25, 0.3) is 16.9 Å². The highest BCUT2D eigenvalue weighted by atomic mass is 35.5. The zero-order valence-corrected chi connectivity index (χ0v) is 12.0. The van der Waals surface area contributed by atoms with Crippen molar-refractivity contribution in [2.75, 3.05) is 0 Å². The Bertz CT molecular complexity index is 863. The number of aromatic nitrogens is 4. The van der Waals surface area contributed by atoms with Crippen LogP contribution in [0.15, 0.2) is 43.0 Å². The second kappa shape index (κ2) is 5.54. The Morgan fingerprint density at radius 2 is 1.91 bits per heavy atom. The normalized spacial score (nSPS) is 11.7. The molecule has 0 atom stereocenters. The fraction of sp³-hybridized carbons (Fsp3) is 0.0714. The molecule has 0 saturated heterocycles. The summed E-state index contributed by atoms with van der Waals surface area (Å²) in [6.45, 7) is 0. The van der Waals surface area contributed by atoms with Crippen molar-refractivity contribution in [2.45, 2.75) is 6.18 Å². The van der Waals surface area contributed by atoms with Crippen molar-refractivity contribution < 1.29 is 18.3 Å². The molecule has 2 heterocycles. The molecule has 0 bridgehead atoms. The zero-order chi connectivity index (χ0) is 16.6. The Labute approximate surface area is 133 Å². The number of rotatable bonds is 2. The van der Waals surface area contributed by atoms with Crippen molar-refractivity contribution >= 4 is 11.6 Å². The number of alkyl halides is 3. The van der Waals surface area contributed by atoms with Gasteiger partial charge in [0.1, 0.15) is 6.33 Å². The van der Waals surface area contributed by atoms with E-state index in [2.05, 4.69) is 15.1 Å². The lowest BCUT2D eigenvalue weighted by Crippen LogP contribution is -2.03. The molecular weight excluding hydrogens is 333 g/mol. The highest BCUT2D eigenvalue weighted by molar-refractivity contribution is 6.31. The maximum atomic E-state index is 12.7. The summed E-state index contributed by atoms with van der Waals surface area (Å²) in [4.78, 5) is 7.57. The molecule has 3 rings (SSSR count). The first-order chi connectivity index (χ1) is 10.8. The Morgan fingerprint density at radius 1 is 1.13 bits per heavy atom. The van der Waals surface area contributed by atoms with Gasteiger partial charge in [0.15, 0.2) is 0 Å². The van der Waals surface area contributed by atoms with Gasteiger partial charge < -0.3 is 5.11 Å². The van der Waals surface area contributed by atoms with Crippen LogP contribution in [0.1, 0.15) is 5.56 Å². The van der Waals surface area contributed by atoms with Crippen LogP contribution in [0.3, 0.4) is 0 Å². The molecule has 0 aliphatic rings. The standard InChI is InChI=1S/C14H8ClF3N4O/c15-9-1-2-12(22-6-8(5-21-22)14(16,17)18)10(3-9)11-4-13(23)20-7-19-11/h1-7H,(H,19,20,23). The third-order valence-corrected chi connectivity index (χ3v) is 3.28. The minimum absolute atomic E-state index is 0.266.